The fourth-order valence-electron chi connectivity index (χ4n) is 6.72. The molecule has 3 N–H and O–H groups in total. The molecule has 0 spiro atoms. The lowest BCUT2D eigenvalue weighted by molar-refractivity contribution is -0.151. The molecule has 3 unspecified atom stereocenters. The molecule has 5 fully saturated rings. The zero-order valence-corrected chi connectivity index (χ0v) is 17.9. The fourth-order valence-corrected chi connectivity index (χ4v) is 6.93. The van der Waals surface area contributed by atoms with Gasteiger partial charge < -0.3 is 15.8 Å². The highest BCUT2D eigenvalue weighted by Gasteiger charge is 2.58. The number of benzene rings is 1. The van der Waals surface area contributed by atoms with E-state index in [0.29, 0.717) is 30.9 Å². The van der Waals surface area contributed by atoms with Gasteiger partial charge in [0.2, 0.25) is 5.91 Å². The second-order valence-corrected chi connectivity index (χ2v) is 10.3. The van der Waals surface area contributed by atoms with Crippen LogP contribution in [0, 0.1) is 23.2 Å². The van der Waals surface area contributed by atoms with Crippen molar-refractivity contribution in [1.82, 2.24) is 10.2 Å². The molecule has 4 bridgehead atoms. The first-order valence-corrected chi connectivity index (χ1v) is 11.5. The van der Waals surface area contributed by atoms with E-state index in [2.05, 4.69) is 16.3 Å². The molecule has 1 saturated heterocycles. The summed E-state index contributed by atoms with van der Waals surface area (Å²) in [4.78, 5) is 27.5. The van der Waals surface area contributed by atoms with E-state index < -0.39 is 6.10 Å². The van der Waals surface area contributed by atoms with Crippen LogP contribution in [0.25, 0.3) is 0 Å². The molecule has 6 rings (SSSR count). The first-order chi connectivity index (χ1) is 14.4. The van der Waals surface area contributed by atoms with Gasteiger partial charge in [-0.15, -0.1) is 0 Å². The molecule has 1 aromatic carbocycles. The largest absolute Gasteiger partial charge is 0.369 e. The molecule has 1 aliphatic heterocycles. The average molecular weight is 432 g/mol. The molecule has 162 valence electrons. The number of hydrogen-bond acceptors (Lipinski definition) is 4. The number of amides is 2. The van der Waals surface area contributed by atoms with Crippen molar-refractivity contribution in [3.63, 3.8) is 0 Å². The van der Waals surface area contributed by atoms with E-state index in [0.717, 1.165) is 55.8 Å². The average Bonchev–Trinajstić information content (AvgIpc) is 2.70. The third-order valence-electron chi connectivity index (χ3n) is 7.84. The zero-order chi connectivity index (χ0) is 20.9. The lowest BCUT2D eigenvalue weighted by Crippen LogP contribution is -2.63. The van der Waals surface area contributed by atoms with Crippen LogP contribution < -0.4 is 11.1 Å². The Morgan fingerprint density at radius 3 is 2.70 bits per heavy atom. The second-order valence-electron chi connectivity index (χ2n) is 9.87. The van der Waals surface area contributed by atoms with Gasteiger partial charge in [0.15, 0.2) is 0 Å². The highest BCUT2D eigenvalue weighted by Crippen LogP contribution is 2.59. The van der Waals surface area contributed by atoms with Crippen LogP contribution in [0.15, 0.2) is 24.3 Å². The molecule has 30 heavy (non-hydrogen) atoms. The van der Waals surface area contributed by atoms with Gasteiger partial charge in [-0.1, -0.05) is 23.7 Å². The van der Waals surface area contributed by atoms with E-state index >= 15 is 0 Å². The number of primary amides is 1. The molecule has 1 aromatic rings. The van der Waals surface area contributed by atoms with Crippen molar-refractivity contribution >= 4 is 23.4 Å². The minimum absolute atomic E-state index is 0.0172. The van der Waals surface area contributed by atoms with Gasteiger partial charge in [0.05, 0.1) is 6.61 Å². The van der Waals surface area contributed by atoms with E-state index in [4.69, 9.17) is 22.1 Å². The predicted molar refractivity (Wildman–Crippen MR) is 114 cm³/mol. The number of carbonyl (C=O) groups is 2. The van der Waals surface area contributed by atoms with Crippen LogP contribution in [0.2, 0.25) is 5.02 Å². The first-order valence-electron chi connectivity index (χ1n) is 11.1. The summed E-state index contributed by atoms with van der Waals surface area (Å²) in [5.74, 6) is 1.15. The monoisotopic (exact) mass is 431 g/mol. The number of hydrogen-bond donors (Lipinski definition) is 2. The molecule has 7 heteroatoms. The van der Waals surface area contributed by atoms with E-state index in [1.807, 2.05) is 18.2 Å². The molecule has 3 atom stereocenters. The Bertz CT molecular complexity index is 831. The van der Waals surface area contributed by atoms with Gasteiger partial charge in [0, 0.05) is 36.1 Å². The van der Waals surface area contributed by atoms with Crippen molar-refractivity contribution < 1.29 is 14.3 Å². The molecule has 0 aromatic heterocycles. The maximum Gasteiger partial charge on any atom is 0.250 e. The SMILES string of the molecule is NC(=O)C12CC3CC(C1)C(NC(=O)C1CN(Cc4cccc(Cl)c4)CCO1)C(C3)C2. The van der Waals surface area contributed by atoms with Gasteiger partial charge in [-0.3, -0.25) is 14.5 Å². The summed E-state index contributed by atoms with van der Waals surface area (Å²) < 4.78 is 5.83. The Kier molecular flexibility index (Phi) is 5.28. The summed E-state index contributed by atoms with van der Waals surface area (Å²) in [6.07, 6.45) is 4.34. The van der Waals surface area contributed by atoms with E-state index in [9.17, 15) is 9.59 Å². The quantitative estimate of drug-likeness (QED) is 0.749. The maximum atomic E-state index is 13.1. The molecular weight excluding hydrogens is 402 g/mol. The van der Waals surface area contributed by atoms with Crippen LogP contribution in [0.4, 0.5) is 0 Å². The van der Waals surface area contributed by atoms with E-state index in [1.165, 1.54) is 0 Å². The molecule has 4 saturated carbocycles. The van der Waals surface area contributed by atoms with Crippen molar-refractivity contribution in [2.24, 2.45) is 28.9 Å². The second kappa shape index (κ2) is 7.81. The molecule has 2 amide bonds. The smallest absolute Gasteiger partial charge is 0.250 e. The van der Waals surface area contributed by atoms with Crippen LogP contribution in [0.1, 0.15) is 37.7 Å². The summed E-state index contributed by atoms with van der Waals surface area (Å²) in [5.41, 5.74) is 6.60. The minimum Gasteiger partial charge on any atom is -0.369 e. The van der Waals surface area contributed by atoms with Gasteiger partial charge in [-0.25, -0.2) is 0 Å². The number of nitrogens with one attached hydrogen (secondary N) is 1. The number of ether oxygens (including phenoxy) is 1. The van der Waals surface area contributed by atoms with Crippen LogP contribution in [-0.4, -0.2) is 48.6 Å². The molecular formula is C23H30ClN3O3. The molecule has 1 heterocycles. The van der Waals surface area contributed by atoms with Crippen LogP contribution in [0.3, 0.4) is 0 Å². The fraction of sp³-hybridized carbons (Fsp3) is 0.652. The Balaban J connectivity index is 1.21. The topological polar surface area (TPSA) is 84.7 Å². The van der Waals surface area contributed by atoms with E-state index in [1.54, 1.807) is 0 Å². The lowest BCUT2D eigenvalue weighted by atomic mass is 9.47. The minimum atomic E-state index is -0.458. The number of morpholine rings is 1. The highest BCUT2D eigenvalue weighted by atomic mass is 35.5. The predicted octanol–water partition coefficient (Wildman–Crippen LogP) is 2.34. The third kappa shape index (κ3) is 3.74. The van der Waals surface area contributed by atoms with Crippen molar-refractivity contribution in [3.8, 4) is 0 Å². The molecule has 4 aliphatic carbocycles. The number of rotatable bonds is 5. The van der Waals surface area contributed by atoms with Crippen LogP contribution in [0.5, 0.6) is 0 Å². The number of nitrogens with two attached hydrogens (primary N) is 1. The van der Waals surface area contributed by atoms with Crippen molar-refractivity contribution in [2.75, 3.05) is 19.7 Å². The summed E-state index contributed by atoms with van der Waals surface area (Å²) in [6.45, 7) is 2.68. The highest BCUT2D eigenvalue weighted by molar-refractivity contribution is 6.30. The Morgan fingerprint density at radius 1 is 1.23 bits per heavy atom. The Labute approximate surface area is 182 Å². The molecule has 5 aliphatic rings. The summed E-state index contributed by atoms with van der Waals surface area (Å²) in [7, 11) is 0. The van der Waals surface area contributed by atoms with Gasteiger partial charge in [0.1, 0.15) is 6.10 Å². The summed E-state index contributed by atoms with van der Waals surface area (Å²) in [5, 5.41) is 4.05. The molecule has 6 nitrogen and oxygen atoms in total. The maximum absolute atomic E-state index is 13.1. The van der Waals surface area contributed by atoms with Crippen LogP contribution in [-0.2, 0) is 20.9 Å². The summed E-state index contributed by atoms with van der Waals surface area (Å²) in [6, 6.07) is 7.99. The van der Waals surface area contributed by atoms with Crippen molar-refractivity contribution in [1.29, 1.82) is 0 Å². The standard InChI is InChI=1S/C23H30ClN3O3/c24-18-3-1-2-14(8-18)12-27-4-5-30-19(13-27)21(28)26-20-16-6-15-7-17(20)11-23(9-15,10-16)22(25)29/h1-3,8,15-17,19-20H,4-7,9-13H2,(H2,25,29)(H,26,28). The van der Waals surface area contributed by atoms with Gasteiger partial charge in [-0.2, -0.15) is 0 Å². The number of nitrogens with zero attached hydrogens (tertiary/aromatic N) is 1. The summed E-state index contributed by atoms with van der Waals surface area (Å²) >= 11 is 6.10. The Hall–Kier alpha value is -1.63. The zero-order valence-electron chi connectivity index (χ0n) is 17.2. The first kappa shape index (κ1) is 20.3. The lowest BCUT2D eigenvalue weighted by Gasteiger charge is -2.59. The van der Waals surface area contributed by atoms with Gasteiger partial charge in [-0.05, 0) is 67.6 Å². The number of halogens is 1. The van der Waals surface area contributed by atoms with Gasteiger partial charge in [0.25, 0.3) is 5.91 Å². The van der Waals surface area contributed by atoms with E-state index in [-0.39, 0.29) is 23.3 Å². The number of carbonyl (C=O) groups excluding carboxylic acids is 2. The van der Waals surface area contributed by atoms with Gasteiger partial charge >= 0.3 is 0 Å². The van der Waals surface area contributed by atoms with Crippen molar-refractivity contribution in [3.05, 3.63) is 34.9 Å². The normalized spacial score (nSPS) is 37.8. The molecule has 0 radical (unpaired) electrons. The van der Waals surface area contributed by atoms with Crippen LogP contribution >= 0.6 is 11.6 Å². The van der Waals surface area contributed by atoms with Crippen molar-refractivity contribution in [2.45, 2.75) is 50.8 Å². The third-order valence-corrected chi connectivity index (χ3v) is 8.08. The Morgan fingerprint density at radius 2 is 2.00 bits per heavy atom.